The van der Waals surface area contributed by atoms with E-state index >= 15 is 0 Å². The molecule has 0 spiro atoms. The second-order valence-electron chi connectivity index (χ2n) is 4.15. The molecule has 0 aliphatic heterocycles. The predicted octanol–water partition coefficient (Wildman–Crippen LogP) is 3.42. The average Bonchev–Trinajstić information content (AvgIpc) is 2.38. The van der Waals surface area contributed by atoms with E-state index in [0.717, 1.165) is 11.1 Å². The molecule has 100 valence electrons. The third-order valence-electron chi connectivity index (χ3n) is 2.75. The summed E-state index contributed by atoms with van der Waals surface area (Å²) in [4.78, 5) is 0.289. The molecule has 0 amide bonds. The Kier molecular flexibility index (Phi) is 3.83. The number of ether oxygens (including phenoxy) is 1. The topological polar surface area (TPSA) is 43.4 Å². The molecule has 0 saturated carbocycles. The summed E-state index contributed by atoms with van der Waals surface area (Å²) in [7, 11) is -1.67. The highest BCUT2D eigenvalue weighted by Gasteiger charge is 2.09. The third kappa shape index (κ3) is 3.08. The van der Waals surface area contributed by atoms with Crippen molar-refractivity contribution in [3.05, 3.63) is 47.5 Å². The molecule has 2 aromatic rings. The third-order valence-corrected chi connectivity index (χ3v) is 4.15. The molecule has 0 aliphatic rings. The molecule has 2 rings (SSSR count). The fourth-order valence-corrected chi connectivity index (χ4v) is 2.68. The molecule has 0 aliphatic carbocycles. The van der Waals surface area contributed by atoms with Crippen molar-refractivity contribution in [1.82, 2.24) is 0 Å². The Balaban J connectivity index is 2.51. The van der Waals surface area contributed by atoms with Gasteiger partial charge in [0.1, 0.15) is 5.75 Å². The Morgan fingerprint density at radius 3 is 2.32 bits per heavy atom. The standard InChI is InChI=1S/C14H13ClO3S/c1-18-14-7-6-11(9-13(14)15)10-4-3-5-12(8-10)19(2,16)17/h3-9H,1-2H3. The lowest BCUT2D eigenvalue weighted by atomic mass is 10.1. The molecule has 0 saturated heterocycles. The first-order valence-electron chi connectivity index (χ1n) is 5.56. The van der Waals surface area contributed by atoms with Gasteiger partial charge in [0.2, 0.25) is 0 Å². The molecule has 0 unspecified atom stereocenters. The number of methoxy groups -OCH3 is 1. The van der Waals surface area contributed by atoms with E-state index in [1.165, 1.54) is 6.26 Å². The summed E-state index contributed by atoms with van der Waals surface area (Å²) in [5, 5.41) is 0.491. The van der Waals surface area contributed by atoms with Gasteiger partial charge in [0.15, 0.2) is 9.84 Å². The average molecular weight is 297 g/mol. The first-order chi connectivity index (χ1) is 8.91. The van der Waals surface area contributed by atoms with Gasteiger partial charge in [-0.2, -0.15) is 0 Å². The molecule has 0 radical (unpaired) electrons. The van der Waals surface area contributed by atoms with Crippen molar-refractivity contribution < 1.29 is 13.2 Å². The zero-order valence-electron chi connectivity index (χ0n) is 10.6. The van der Waals surface area contributed by atoms with E-state index in [1.54, 1.807) is 37.4 Å². The van der Waals surface area contributed by atoms with E-state index in [9.17, 15) is 8.42 Å². The van der Waals surface area contributed by atoms with Gasteiger partial charge in [-0.05, 0) is 35.4 Å². The van der Waals surface area contributed by atoms with Crippen LogP contribution in [0.4, 0.5) is 0 Å². The molecule has 0 atom stereocenters. The molecule has 3 nitrogen and oxygen atoms in total. The quantitative estimate of drug-likeness (QED) is 0.871. The molecule has 0 aromatic heterocycles. The van der Waals surface area contributed by atoms with Crippen molar-refractivity contribution in [2.45, 2.75) is 4.90 Å². The number of hydrogen-bond donors (Lipinski definition) is 0. The fraction of sp³-hybridized carbons (Fsp3) is 0.143. The Bertz CT molecular complexity index is 708. The normalized spacial score (nSPS) is 11.3. The van der Waals surface area contributed by atoms with Gasteiger partial charge >= 0.3 is 0 Å². The van der Waals surface area contributed by atoms with Crippen LogP contribution in [0.15, 0.2) is 47.4 Å². The summed E-state index contributed by atoms with van der Waals surface area (Å²) in [5.74, 6) is 0.588. The van der Waals surface area contributed by atoms with Gasteiger partial charge < -0.3 is 4.74 Å². The van der Waals surface area contributed by atoms with E-state index in [-0.39, 0.29) is 4.90 Å². The van der Waals surface area contributed by atoms with Crippen LogP contribution in [0.2, 0.25) is 5.02 Å². The van der Waals surface area contributed by atoms with Crippen molar-refractivity contribution in [2.24, 2.45) is 0 Å². The number of hydrogen-bond acceptors (Lipinski definition) is 3. The van der Waals surface area contributed by atoms with E-state index in [0.29, 0.717) is 10.8 Å². The van der Waals surface area contributed by atoms with E-state index < -0.39 is 9.84 Å². The molecule has 5 heteroatoms. The molecule has 0 bridgehead atoms. The van der Waals surface area contributed by atoms with Crippen LogP contribution in [0, 0.1) is 0 Å². The van der Waals surface area contributed by atoms with Gasteiger partial charge in [0.25, 0.3) is 0 Å². The number of benzene rings is 2. The molecule has 0 N–H and O–H groups in total. The second kappa shape index (κ2) is 5.23. The van der Waals surface area contributed by atoms with Crippen LogP contribution in [0.25, 0.3) is 11.1 Å². The summed E-state index contributed by atoms with van der Waals surface area (Å²) in [6.07, 6.45) is 1.19. The SMILES string of the molecule is COc1ccc(-c2cccc(S(C)(=O)=O)c2)cc1Cl. The first kappa shape index (κ1) is 13.9. The minimum absolute atomic E-state index is 0.289. The van der Waals surface area contributed by atoms with Crippen LogP contribution in [-0.4, -0.2) is 21.8 Å². The van der Waals surface area contributed by atoms with Crippen molar-refractivity contribution in [2.75, 3.05) is 13.4 Å². The van der Waals surface area contributed by atoms with Crippen LogP contribution in [-0.2, 0) is 9.84 Å². The van der Waals surface area contributed by atoms with Gasteiger partial charge in [0.05, 0.1) is 17.0 Å². The summed E-state index contributed by atoms with van der Waals surface area (Å²) in [6.45, 7) is 0. The maximum atomic E-state index is 11.5. The minimum atomic E-state index is -3.21. The van der Waals surface area contributed by atoms with Crippen LogP contribution in [0.5, 0.6) is 5.75 Å². The summed E-state index contributed by atoms with van der Waals surface area (Å²) < 4.78 is 28.2. The van der Waals surface area contributed by atoms with Crippen LogP contribution in [0.1, 0.15) is 0 Å². The summed E-state index contributed by atoms with van der Waals surface area (Å²) in [5.41, 5.74) is 1.64. The Morgan fingerprint density at radius 1 is 1.05 bits per heavy atom. The number of sulfone groups is 1. The van der Waals surface area contributed by atoms with Gasteiger partial charge in [-0.3, -0.25) is 0 Å². The zero-order chi connectivity index (χ0) is 14.0. The fourth-order valence-electron chi connectivity index (χ4n) is 1.75. The molecular formula is C14H13ClO3S. The summed E-state index contributed by atoms with van der Waals surface area (Å²) >= 11 is 6.07. The highest BCUT2D eigenvalue weighted by molar-refractivity contribution is 7.90. The lowest BCUT2D eigenvalue weighted by molar-refractivity contribution is 0.415. The first-order valence-corrected chi connectivity index (χ1v) is 7.83. The second-order valence-corrected chi connectivity index (χ2v) is 6.57. The van der Waals surface area contributed by atoms with Crippen LogP contribution in [0.3, 0.4) is 0 Å². The predicted molar refractivity (Wildman–Crippen MR) is 76.5 cm³/mol. The lowest BCUT2D eigenvalue weighted by Crippen LogP contribution is -1.96. The smallest absolute Gasteiger partial charge is 0.175 e. The van der Waals surface area contributed by atoms with Crippen LogP contribution < -0.4 is 4.74 Å². The summed E-state index contributed by atoms with van der Waals surface area (Å²) in [6, 6.07) is 12.1. The Morgan fingerprint density at radius 2 is 1.74 bits per heavy atom. The van der Waals surface area contributed by atoms with E-state index in [1.807, 2.05) is 12.1 Å². The van der Waals surface area contributed by atoms with Gasteiger partial charge in [-0.1, -0.05) is 29.8 Å². The maximum Gasteiger partial charge on any atom is 0.175 e. The highest BCUT2D eigenvalue weighted by atomic mass is 35.5. The number of halogens is 1. The number of rotatable bonds is 3. The Hall–Kier alpha value is -1.52. The maximum absolute atomic E-state index is 11.5. The van der Waals surface area contributed by atoms with E-state index in [2.05, 4.69) is 0 Å². The minimum Gasteiger partial charge on any atom is -0.495 e. The highest BCUT2D eigenvalue weighted by Crippen LogP contribution is 2.30. The van der Waals surface area contributed by atoms with Crippen molar-refractivity contribution in [3.8, 4) is 16.9 Å². The van der Waals surface area contributed by atoms with Gasteiger partial charge in [-0.15, -0.1) is 0 Å². The molecule has 2 aromatic carbocycles. The lowest BCUT2D eigenvalue weighted by Gasteiger charge is -2.07. The Labute approximate surface area is 117 Å². The van der Waals surface area contributed by atoms with E-state index in [4.69, 9.17) is 16.3 Å². The molecular weight excluding hydrogens is 284 g/mol. The largest absolute Gasteiger partial charge is 0.495 e. The van der Waals surface area contributed by atoms with Crippen molar-refractivity contribution in [1.29, 1.82) is 0 Å². The van der Waals surface area contributed by atoms with Crippen LogP contribution >= 0.6 is 11.6 Å². The molecule has 0 fully saturated rings. The monoisotopic (exact) mass is 296 g/mol. The molecule has 19 heavy (non-hydrogen) atoms. The molecule has 0 heterocycles. The van der Waals surface area contributed by atoms with Crippen molar-refractivity contribution in [3.63, 3.8) is 0 Å². The zero-order valence-corrected chi connectivity index (χ0v) is 12.1. The van der Waals surface area contributed by atoms with Crippen molar-refractivity contribution >= 4 is 21.4 Å². The van der Waals surface area contributed by atoms with Gasteiger partial charge in [0, 0.05) is 6.26 Å². The van der Waals surface area contributed by atoms with Gasteiger partial charge in [-0.25, -0.2) is 8.42 Å².